The molecule has 0 spiro atoms. The average Bonchev–Trinajstić information content (AvgIpc) is 2.39. The van der Waals surface area contributed by atoms with Gasteiger partial charge >= 0.3 is 0 Å². The lowest BCUT2D eigenvalue weighted by atomic mass is 10.0. The van der Waals surface area contributed by atoms with E-state index in [9.17, 15) is 0 Å². The Labute approximate surface area is 123 Å². The van der Waals surface area contributed by atoms with Crippen LogP contribution >= 0.6 is 15.9 Å². The summed E-state index contributed by atoms with van der Waals surface area (Å²) >= 11 is 3.62. The van der Waals surface area contributed by atoms with Gasteiger partial charge in [0.1, 0.15) is 0 Å². The van der Waals surface area contributed by atoms with Crippen molar-refractivity contribution in [1.29, 1.82) is 0 Å². The van der Waals surface area contributed by atoms with Crippen molar-refractivity contribution in [3.05, 3.63) is 63.6 Å². The molecule has 0 aliphatic heterocycles. The minimum atomic E-state index is 0.109. The van der Waals surface area contributed by atoms with Gasteiger partial charge in [-0.2, -0.15) is 0 Å². The van der Waals surface area contributed by atoms with E-state index in [1.807, 2.05) is 0 Å². The van der Waals surface area contributed by atoms with E-state index in [-0.39, 0.29) is 6.04 Å². The molecule has 19 heavy (non-hydrogen) atoms. The SMILES string of the molecule is Cc1ccc(NC(CN)c2ccc(C)cc2Br)cc1. The summed E-state index contributed by atoms with van der Waals surface area (Å²) in [5, 5.41) is 3.48. The van der Waals surface area contributed by atoms with Crippen LogP contribution in [0.2, 0.25) is 0 Å². The number of halogens is 1. The molecule has 0 aromatic heterocycles. The number of nitrogens with two attached hydrogens (primary N) is 1. The maximum absolute atomic E-state index is 5.91. The maximum Gasteiger partial charge on any atom is 0.0647 e. The van der Waals surface area contributed by atoms with Gasteiger partial charge in [0, 0.05) is 16.7 Å². The second-order valence-electron chi connectivity index (χ2n) is 4.82. The van der Waals surface area contributed by atoms with E-state index in [1.54, 1.807) is 0 Å². The second-order valence-corrected chi connectivity index (χ2v) is 5.68. The summed E-state index contributed by atoms with van der Waals surface area (Å²) in [4.78, 5) is 0. The molecule has 2 aromatic rings. The van der Waals surface area contributed by atoms with E-state index in [1.165, 1.54) is 16.7 Å². The fraction of sp³-hybridized carbons (Fsp3) is 0.250. The Kier molecular flexibility index (Phi) is 4.61. The van der Waals surface area contributed by atoms with Crippen LogP contribution < -0.4 is 11.1 Å². The van der Waals surface area contributed by atoms with Gasteiger partial charge in [-0.15, -0.1) is 0 Å². The Hall–Kier alpha value is -1.32. The topological polar surface area (TPSA) is 38.0 Å². The van der Waals surface area contributed by atoms with E-state index in [0.717, 1.165) is 10.2 Å². The lowest BCUT2D eigenvalue weighted by molar-refractivity contribution is 0.785. The van der Waals surface area contributed by atoms with Gasteiger partial charge in [-0.3, -0.25) is 0 Å². The maximum atomic E-state index is 5.91. The van der Waals surface area contributed by atoms with Crippen LogP contribution in [0.4, 0.5) is 5.69 Å². The number of hydrogen-bond acceptors (Lipinski definition) is 2. The van der Waals surface area contributed by atoms with Gasteiger partial charge in [-0.05, 0) is 43.2 Å². The molecule has 2 nitrogen and oxygen atoms in total. The molecule has 0 bridgehead atoms. The van der Waals surface area contributed by atoms with E-state index in [0.29, 0.717) is 6.54 Å². The van der Waals surface area contributed by atoms with E-state index >= 15 is 0 Å². The molecule has 1 atom stereocenters. The summed E-state index contributed by atoms with van der Waals surface area (Å²) in [5.74, 6) is 0. The van der Waals surface area contributed by atoms with Crippen LogP contribution in [0, 0.1) is 13.8 Å². The van der Waals surface area contributed by atoms with E-state index < -0.39 is 0 Å². The molecule has 0 saturated carbocycles. The van der Waals surface area contributed by atoms with Crippen molar-refractivity contribution in [2.45, 2.75) is 19.9 Å². The van der Waals surface area contributed by atoms with Crippen LogP contribution in [0.1, 0.15) is 22.7 Å². The van der Waals surface area contributed by atoms with Gasteiger partial charge in [0.25, 0.3) is 0 Å². The zero-order valence-electron chi connectivity index (χ0n) is 11.3. The zero-order chi connectivity index (χ0) is 13.8. The van der Waals surface area contributed by atoms with Gasteiger partial charge in [0.2, 0.25) is 0 Å². The minimum Gasteiger partial charge on any atom is -0.377 e. The zero-order valence-corrected chi connectivity index (χ0v) is 12.9. The highest BCUT2D eigenvalue weighted by molar-refractivity contribution is 9.10. The molecule has 0 saturated heterocycles. The molecule has 0 radical (unpaired) electrons. The van der Waals surface area contributed by atoms with Gasteiger partial charge < -0.3 is 11.1 Å². The van der Waals surface area contributed by atoms with Crippen LogP contribution in [0.15, 0.2) is 46.9 Å². The van der Waals surface area contributed by atoms with Gasteiger partial charge in [0.05, 0.1) is 6.04 Å². The van der Waals surface area contributed by atoms with Gasteiger partial charge in [-0.1, -0.05) is 45.8 Å². The quantitative estimate of drug-likeness (QED) is 0.887. The molecular weight excluding hydrogens is 300 g/mol. The molecule has 1 unspecified atom stereocenters. The van der Waals surface area contributed by atoms with Crippen LogP contribution in [-0.4, -0.2) is 6.54 Å². The number of benzene rings is 2. The largest absolute Gasteiger partial charge is 0.377 e. The minimum absolute atomic E-state index is 0.109. The Balaban J connectivity index is 2.22. The van der Waals surface area contributed by atoms with Crippen molar-refractivity contribution in [2.75, 3.05) is 11.9 Å². The second kappa shape index (κ2) is 6.22. The molecule has 0 heterocycles. The Morgan fingerprint density at radius 2 is 1.68 bits per heavy atom. The first-order valence-electron chi connectivity index (χ1n) is 6.39. The highest BCUT2D eigenvalue weighted by Gasteiger charge is 2.12. The molecule has 0 aliphatic rings. The molecule has 2 aromatic carbocycles. The van der Waals surface area contributed by atoms with E-state index in [4.69, 9.17) is 5.73 Å². The predicted molar refractivity (Wildman–Crippen MR) is 85.5 cm³/mol. The molecule has 2 rings (SSSR count). The number of anilines is 1. The van der Waals surface area contributed by atoms with Crippen LogP contribution in [0.25, 0.3) is 0 Å². The van der Waals surface area contributed by atoms with Crippen molar-refractivity contribution in [3.8, 4) is 0 Å². The fourth-order valence-corrected chi connectivity index (χ4v) is 2.80. The van der Waals surface area contributed by atoms with Crippen LogP contribution in [0.3, 0.4) is 0 Å². The van der Waals surface area contributed by atoms with Crippen LogP contribution in [0.5, 0.6) is 0 Å². The summed E-state index contributed by atoms with van der Waals surface area (Å²) in [6.07, 6.45) is 0. The third-order valence-electron chi connectivity index (χ3n) is 3.16. The highest BCUT2D eigenvalue weighted by Crippen LogP contribution is 2.27. The molecule has 3 heteroatoms. The molecule has 100 valence electrons. The molecule has 3 N–H and O–H groups in total. The summed E-state index contributed by atoms with van der Waals surface area (Å²) in [5.41, 5.74) is 10.7. The fourth-order valence-electron chi connectivity index (χ4n) is 2.03. The standard InChI is InChI=1S/C16H19BrN2/c1-11-3-6-13(7-4-11)19-16(10-18)14-8-5-12(2)9-15(14)17/h3-9,16,19H,10,18H2,1-2H3. The first-order valence-corrected chi connectivity index (χ1v) is 7.19. The Morgan fingerprint density at radius 3 is 2.26 bits per heavy atom. The first-order chi connectivity index (χ1) is 9.10. The smallest absolute Gasteiger partial charge is 0.0647 e. The molecule has 0 amide bonds. The lowest BCUT2D eigenvalue weighted by Gasteiger charge is -2.20. The van der Waals surface area contributed by atoms with Crippen molar-refractivity contribution in [3.63, 3.8) is 0 Å². The number of nitrogens with one attached hydrogen (secondary N) is 1. The van der Waals surface area contributed by atoms with Crippen molar-refractivity contribution in [2.24, 2.45) is 5.73 Å². The van der Waals surface area contributed by atoms with E-state index in [2.05, 4.69) is 77.6 Å². The van der Waals surface area contributed by atoms with Gasteiger partial charge in [-0.25, -0.2) is 0 Å². The average molecular weight is 319 g/mol. The third-order valence-corrected chi connectivity index (χ3v) is 3.85. The van der Waals surface area contributed by atoms with Gasteiger partial charge in [0.15, 0.2) is 0 Å². The lowest BCUT2D eigenvalue weighted by Crippen LogP contribution is -2.21. The normalized spacial score (nSPS) is 12.2. The molecule has 0 fully saturated rings. The number of rotatable bonds is 4. The summed E-state index contributed by atoms with van der Waals surface area (Å²) in [7, 11) is 0. The number of hydrogen-bond donors (Lipinski definition) is 2. The summed E-state index contributed by atoms with van der Waals surface area (Å²) in [6.45, 7) is 4.72. The Morgan fingerprint density at radius 1 is 1.05 bits per heavy atom. The molecular formula is C16H19BrN2. The first kappa shape index (κ1) is 14.1. The summed E-state index contributed by atoms with van der Waals surface area (Å²) in [6, 6.07) is 14.8. The van der Waals surface area contributed by atoms with Crippen molar-refractivity contribution in [1.82, 2.24) is 0 Å². The number of aryl methyl sites for hydroxylation is 2. The highest BCUT2D eigenvalue weighted by atomic mass is 79.9. The third kappa shape index (κ3) is 3.58. The Bertz CT molecular complexity index is 549. The summed E-state index contributed by atoms with van der Waals surface area (Å²) < 4.78 is 1.10. The predicted octanol–water partition coefficient (Wildman–Crippen LogP) is 4.18. The van der Waals surface area contributed by atoms with Crippen LogP contribution in [-0.2, 0) is 0 Å². The van der Waals surface area contributed by atoms with Crippen molar-refractivity contribution >= 4 is 21.6 Å². The monoisotopic (exact) mass is 318 g/mol. The molecule has 0 aliphatic carbocycles. The van der Waals surface area contributed by atoms with Crippen molar-refractivity contribution < 1.29 is 0 Å².